The van der Waals surface area contributed by atoms with Gasteiger partial charge < -0.3 is 9.84 Å². The van der Waals surface area contributed by atoms with Crippen molar-refractivity contribution in [3.05, 3.63) is 22.9 Å². The highest BCUT2D eigenvalue weighted by atomic mass is 16.5. The second-order valence-corrected chi connectivity index (χ2v) is 4.98. The summed E-state index contributed by atoms with van der Waals surface area (Å²) in [5.74, 6) is 1.29. The van der Waals surface area contributed by atoms with Gasteiger partial charge in [0.15, 0.2) is 0 Å². The van der Waals surface area contributed by atoms with Gasteiger partial charge in [-0.25, -0.2) is 4.98 Å². The molecule has 1 saturated carbocycles. The summed E-state index contributed by atoms with van der Waals surface area (Å²) in [7, 11) is 0. The Bertz CT molecular complexity index is 384. The summed E-state index contributed by atoms with van der Waals surface area (Å²) >= 11 is 0. The Morgan fingerprint density at radius 1 is 1.35 bits per heavy atom. The van der Waals surface area contributed by atoms with Crippen molar-refractivity contribution in [1.82, 2.24) is 4.98 Å². The Hall–Kier alpha value is -1.09. The van der Waals surface area contributed by atoms with E-state index in [2.05, 4.69) is 4.98 Å². The van der Waals surface area contributed by atoms with Gasteiger partial charge in [-0.15, -0.1) is 0 Å². The summed E-state index contributed by atoms with van der Waals surface area (Å²) in [4.78, 5) is 4.38. The molecule has 3 nitrogen and oxygen atoms in total. The Labute approximate surface area is 103 Å². The Balaban J connectivity index is 2.07. The van der Waals surface area contributed by atoms with E-state index in [4.69, 9.17) is 4.74 Å². The molecular weight excluding hydrogens is 214 g/mol. The fourth-order valence-electron chi connectivity index (χ4n) is 2.51. The van der Waals surface area contributed by atoms with Crippen LogP contribution in [0.2, 0.25) is 0 Å². The van der Waals surface area contributed by atoms with Crippen LogP contribution in [0, 0.1) is 19.8 Å². The molecule has 0 bridgehead atoms. The molecule has 0 radical (unpaired) electrons. The highest BCUT2D eigenvalue weighted by Crippen LogP contribution is 2.27. The van der Waals surface area contributed by atoms with Crippen LogP contribution in [0.15, 0.2) is 6.07 Å². The van der Waals surface area contributed by atoms with Gasteiger partial charge in [-0.1, -0.05) is 12.8 Å². The average molecular weight is 235 g/mol. The minimum absolute atomic E-state index is 0.000880. The van der Waals surface area contributed by atoms with Gasteiger partial charge in [0.2, 0.25) is 5.88 Å². The zero-order valence-electron chi connectivity index (χ0n) is 10.7. The quantitative estimate of drug-likeness (QED) is 0.872. The van der Waals surface area contributed by atoms with E-state index in [1.165, 1.54) is 25.7 Å². The van der Waals surface area contributed by atoms with E-state index in [1.54, 1.807) is 0 Å². The third-order valence-electron chi connectivity index (χ3n) is 3.53. The SMILES string of the molecule is Cc1cc(C)c(CO)c(OCC2CCCC2)n1. The highest BCUT2D eigenvalue weighted by molar-refractivity contribution is 5.35. The molecule has 0 aromatic carbocycles. The van der Waals surface area contributed by atoms with Gasteiger partial charge in [0.05, 0.1) is 13.2 Å². The summed E-state index contributed by atoms with van der Waals surface area (Å²) in [5, 5.41) is 9.36. The topological polar surface area (TPSA) is 42.4 Å². The molecule has 0 amide bonds. The zero-order valence-corrected chi connectivity index (χ0v) is 10.7. The molecule has 0 saturated heterocycles. The number of hydrogen-bond donors (Lipinski definition) is 1. The maximum absolute atomic E-state index is 9.36. The van der Waals surface area contributed by atoms with Crippen LogP contribution in [-0.4, -0.2) is 16.7 Å². The molecule has 0 atom stereocenters. The largest absolute Gasteiger partial charge is 0.477 e. The number of aryl methyl sites for hydroxylation is 2. The normalized spacial score (nSPS) is 16.4. The second-order valence-electron chi connectivity index (χ2n) is 4.98. The third-order valence-corrected chi connectivity index (χ3v) is 3.53. The van der Waals surface area contributed by atoms with Crippen molar-refractivity contribution < 1.29 is 9.84 Å². The molecule has 1 fully saturated rings. The van der Waals surface area contributed by atoms with Crippen LogP contribution < -0.4 is 4.74 Å². The van der Waals surface area contributed by atoms with E-state index in [0.717, 1.165) is 23.4 Å². The lowest BCUT2D eigenvalue weighted by Gasteiger charge is -2.15. The van der Waals surface area contributed by atoms with Crippen molar-refractivity contribution in [1.29, 1.82) is 0 Å². The van der Waals surface area contributed by atoms with Crippen LogP contribution in [0.1, 0.15) is 42.5 Å². The molecule has 3 heteroatoms. The van der Waals surface area contributed by atoms with Crippen molar-refractivity contribution in [2.24, 2.45) is 5.92 Å². The molecule has 2 rings (SSSR count). The average Bonchev–Trinajstić information content (AvgIpc) is 2.78. The third kappa shape index (κ3) is 2.97. The van der Waals surface area contributed by atoms with E-state index < -0.39 is 0 Å². The van der Waals surface area contributed by atoms with E-state index in [9.17, 15) is 5.11 Å². The number of nitrogens with zero attached hydrogens (tertiary/aromatic N) is 1. The molecule has 1 aliphatic rings. The number of ether oxygens (including phenoxy) is 1. The molecule has 1 heterocycles. The number of hydrogen-bond acceptors (Lipinski definition) is 3. The molecule has 0 aliphatic heterocycles. The number of rotatable bonds is 4. The number of pyridine rings is 1. The summed E-state index contributed by atoms with van der Waals surface area (Å²) in [5.41, 5.74) is 2.83. The lowest BCUT2D eigenvalue weighted by molar-refractivity contribution is 0.226. The van der Waals surface area contributed by atoms with E-state index in [0.29, 0.717) is 11.8 Å². The van der Waals surface area contributed by atoms with Crippen molar-refractivity contribution in [2.75, 3.05) is 6.61 Å². The molecule has 0 unspecified atom stereocenters. The molecule has 1 aliphatic carbocycles. The van der Waals surface area contributed by atoms with Crippen LogP contribution in [0.5, 0.6) is 5.88 Å². The van der Waals surface area contributed by atoms with Crippen molar-refractivity contribution >= 4 is 0 Å². The minimum Gasteiger partial charge on any atom is -0.477 e. The fourth-order valence-corrected chi connectivity index (χ4v) is 2.51. The Morgan fingerprint density at radius 3 is 2.71 bits per heavy atom. The van der Waals surface area contributed by atoms with Crippen molar-refractivity contribution in [2.45, 2.75) is 46.1 Å². The van der Waals surface area contributed by atoms with E-state index >= 15 is 0 Å². The van der Waals surface area contributed by atoms with Gasteiger partial charge in [-0.05, 0) is 44.2 Å². The smallest absolute Gasteiger partial charge is 0.219 e. The van der Waals surface area contributed by atoms with Crippen molar-refractivity contribution in [3.8, 4) is 5.88 Å². The Kier molecular flexibility index (Phi) is 4.00. The molecule has 1 aromatic heterocycles. The highest BCUT2D eigenvalue weighted by Gasteiger charge is 2.17. The first-order valence-corrected chi connectivity index (χ1v) is 6.41. The van der Waals surface area contributed by atoms with Crippen LogP contribution >= 0.6 is 0 Å². The molecule has 94 valence electrons. The number of aliphatic hydroxyl groups excluding tert-OH is 1. The summed E-state index contributed by atoms with van der Waals surface area (Å²) < 4.78 is 5.80. The monoisotopic (exact) mass is 235 g/mol. The standard InChI is InChI=1S/C14H21NO2/c1-10-7-11(2)15-14(13(10)8-16)17-9-12-5-3-4-6-12/h7,12,16H,3-6,8-9H2,1-2H3. The Morgan fingerprint density at radius 2 is 2.06 bits per heavy atom. The lowest BCUT2D eigenvalue weighted by Crippen LogP contribution is -2.11. The number of aromatic nitrogens is 1. The minimum atomic E-state index is -0.000880. The predicted octanol–water partition coefficient (Wildman–Crippen LogP) is 2.76. The van der Waals surface area contributed by atoms with E-state index in [1.807, 2.05) is 19.9 Å². The first-order valence-electron chi connectivity index (χ1n) is 6.41. The van der Waals surface area contributed by atoms with Gasteiger partial charge in [0, 0.05) is 11.3 Å². The van der Waals surface area contributed by atoms with Gasteiger partial charge in [-0.3, -0.25) is 0 Å². The first-order chi connectivity index (χ1) is 8.20. The van der Waals surface area contributed by atoms with Crippen LogP contribution in [0.3, 0.4) is 0 Å². The van der Waals surface area contributed by atoms with Crippen LogP contribution in [-0.2, 0) is 6.61 Å². The van der Waals surface area contributed by atoms with Gasteiger partial charge in [0.25, 0.3) is 0 Å². The fraction of sp³-hybridized carbons (Fsp3) is 0.643. The van der Waals surface area contributed by atoms with Gasteiger partial charge in [-0.2, -0.15) is 0 Å². The summed E-state index contributed by atoms with van der Waals surface area (Å²) in [6.07, 6.45) is 5.17. The summed E-state index contributed by atoms with van der Waals surface area (Å²) in [6, 6.07) is 1.98. The molecular formula is C14H21NO2. The van der Waals surface area contributed by atoms with Crippen LogP contribution in [0.4, 0.5) is 0 Å². The predicted molar refractivity (Wildman–Crippen MR) is 67.1 cm³/mol. The molecule has 17 heavy (non-hydrogen) atoms. The van der Waals surface area contributed by atoms with Crippen molar-refractivity contribution in [3.63, 3.8) is 0 Å². The lowest BCUT2D eigenvalue weighted by atomic mass is 10.1. The van der Waals surface area contributed by atoms with E-state index in [-0.39, 0.29) is 6.61 Å². The van der Waals surface area contributed by atoms with Gasteiger partial charge in [0.1, 0.15) is 0 Å². The maximum Gasteiger partial charge on any atom is 0.219 e. The number of aliphatic hydroxyl groups is 1. The zero-order chi connectivity index (χ0) is 12.3. The summed E-state index contributed by atoms with van der Waals surface area (Å²) in [6.45, 7) is 4.68. The van der Waals surface area contributed by atoms with Gasteiger partial charge >= 0.3 is 0 Å². The molecule has 1 N–H and O–H groups in total. The first kappa shape index (κ1) is 12.4. The second kappa shape index (κ2) is 5.50. The van der Waals surface area contributed by atoms with Crippen LogP contribution in [0.25, 0.3) is 0 Å². The molecule has 1 aromatic rings. The maximum atomic E-state index is 9.36. The molecule has 0 spiro atoms.